The lowest BCUT2D eigenvalue weighted by Gasteiger charge is -2.13. The molecule has 0 spiro atoms. The summed E-state index contributed by atoms with van der Waals surface area (Å²) in [7, 11) is 1.63. The highest BCUT2D eigenvalue weighted by Crippen LogP contribution is 2.29. The topological polar surface area (TPSA) is 59.3 Å². The van der Waals surface area contributed by atoms with Crippen molar-refractivity contribution < 1.29 is 9.15 Å². The van der Waals surface area contributed by atoms with Crippen molar-refractivity contribution in [1.82, 2.24) is 10.3 Å². The van der Waals surface area contributed by atoms with Crippen molar-refractivity contribution >= 4 is 33.9 Å². The number of aromatic nitrogens is 1. The van der Waals surface area contributed by atoms with E-state index in [1.54, 1.807) is 19.6 Å². The fraction of sp³-hybridized carbons (Fsp3) is 0.125. The smallest absolute Gasteiger partial charge is 0.171 e. The van der Waals surface area contributed by atoms with Crippen LogP contribution in [0.15, 0.2) is 53.3 Å². The van der Waals surface area contributed by atoms with E-state index < -0.39 is 0 Å². The highest BCUT2D eigenvalue weighted by atomic mass is 32.1. The molecule has 5 nitrogen and oxygen atoms in total. The number of methoxy groups -OCH3 is 1. The Morgan fingerprint density at radius 3 is 2.95 bits per heavy atom. The molecule has 0 saturated carbocycles. The monoisotopic (exact) mass is 313 g/mol. The molecule has 1 aromatic carbocycles. The van der Waals surface area contributed by atoms with Crippen molar-refractivity contribution in [3.8, 4) is 5.75 Å². The zero-order valence-electron chi connectivity index (χ0n) is 12.0. The maximum atomic E-state index is 5.33. The summed E-state index contributed by atoms with van der Waals surface area (Å²) in [6.07, 6.45) is 3.37. The quantitative estimate of drug-likeness (QED) is 0.721. The third-order valence-electron chi connectivity index (χ3n) is 3.20. The van der Waals surface area contributed by atoms with Gasteiger partial charge in [-0.15, -0.1) is 0 Å². The van der Waals surface area contributed by atoms with Crippen molar-refractivity contribution in [2.45, 2.75) is 6.54 Å². The van der Waals surface area contributed by atoms with E-state index in [9.17, 15) is 0 Å². The van der Waals surface area contributed by atoms with E-state index in [4.69, 9.17) is 21.4 Å². The molecule has 2 N–H and O–H groups in total. The second-order valence-corrected chi connectivity index (χ2v) is 5.01. The van der Waals surface area contributed by atoms with Crippen molar-refractivity contribution in [2.75, 3.05) is 12.4 Å². The molecule has 112 valence electrons. The normalized spacial score (nSPS) is 10.4. The molecule has 0 aliphatic heterocycles. The first-order chi connectivity index (χ1) is 10.8. The van der Waals surface area contributed by atoms with Crippen LogP contribution >= 0.6 is 12.2 Å². The first kappa shape index (κ1) is 14.3. The summed E-state index contributed by atoms with van der Waals surface area (Å²) in [6, 6.07) is 11.4. The van der Waals surface area contributed by atoms with Gasteiger partial charge in [0.15, 0.2) is 5.11 Å². The van der Waals surface area contributed by atoms with Gasteiger partial charge in [-0.25, -0.2) is 0 Å². The van der Waals surface area contributed by atoms with Gasteiger partial charge in [0.1, 0.15) is 17.0 Å². The number of hydrogen-bond acceptors (Lipinski definition) is 4. The first-order valence-electron chi connectivity index (χ1n) is 6.77. The summed E-state index contributed by atoms with van der Waals surface area (Å²) < 4.78 is 10.6. The molecule has 2 aromatic heterocycles. The summed E-state index contributed by atoms with van der Waals surface area (Å²) >= 11 is 5.32. The third kappa shape index (κ3) is 3.01. The predicted molar refractivity (Wildman–Crippen MR) is 90.1 cm³/mol. The molecular formula is C16H15N3O2S. The highest BCUT2D eigenvalue weighted by Gasteiger charge is 2.08. The van der Waals surface area contributed by atoms with E-state index in [0.717, 1.165) is 28.1 Å². The fourth-order valence-electron chi connectivity index (χ4n) is 2.17. The fourth-order valence-corrected chi connectivity index (χ4v) is 2.35. The van der Waals surface area contributed by atoms with E-state index in [0.29, 0.717) is 11.7 Å². The van der Waals surface area contributed by atoms with Crippen molar-refractivity contribution in [2.24, 2.45) is 0 Å². The number of furan rings is 1. The van der Waals surface area contributed by atoms with E-state index >= 15 is 0 Å². The van der Waals surface area contributed by atoms with Gasteiger partial charge in [0.2, 0.25) is 0 Å². The molecule has 22 heavy (non-hydrogen) atoms. The van der Waals surface area contributed by atoms with Gasteiger partial charge in [0.25, 0.3) is 0 Å². The number of anilines is 1. The average Bonchev–Trinajstić information content (AvgIpc) is 3.07. The molecule has 0 aliphatic rings. The van der Waals surface area contributed by atoms with Gasteiger partial charge in [-0.05, 0) is 48.6 Å². The number of rotatable bonds is 4. The Bertz CT molecular complexity index is 787. The number of hydrogen-bond donors (Lipinski definition) is 2. The lowest BCUT2D eigenvalue weighted by atomic mass is 10.1. The Hall–Kier alpha value is -2.60. The molecule has 3 aromatic rings. The van der Waals surface area contributed by atoms with Crippen molar-refractivity contribution in [3.05, 3.63) is 54.6 Å². The van der Waals surface area contributed by atoms with Crippen molar-refractivity contribution in [3.63, 3.8) is 0 Å². The highest BCUT2D eigenvalue weighted by molar-refractivity contribution is 7.80. The molecule has 0 saturated heterocycles. The van der Waals surface area contributed by atoms with Gasteiger partial charge in [-0.2, -0.15) is 0 Å². The van der Waals surface area contributed by atoms with Crippen LogP contribution in [0.4, 0.5) is 5.69 Å². The molecular weight excluding hydrogens is 298 g/mol. The third-order valence-corrected chi connectivity index (χ3v) is 3.45. The second kappa shape index (κ2) is 6.44. The summed E-state index contributed by atoms with van der Waals surface area (Å²) in [5, 5.41) is 7.75. The number of benzene rings is 1. The standard InChI is InChI=1S/C16H15N3O2S/c1-20-14-7-6-13(12-5-2-8-17-15(12)14)19-16(22)18-10-11-4-3-9-21-11/h2-9H,10H2,1H3,(H2,18,19,22). The van der Waals surface area contributed by atoms with Gasteiger partial charge in [0.05, 0.1) is 19.9 Å². The largest absolute Gasteiger partial charge is 0.494 e. The lowest BCUT2D eigenvalue weighted by Crippen LogP contribution is -2.27. The molecule has 0 atom stereocenters. The minimum Gasteiger partial charge on any atom is -0.494 e. The maximum absolute atomic E-state index is 5.33. The number of pyridine rings is 1. The molecule has 0 radical (unpaired) electrons. The Kier molecular flexibility index (Phi) is 4.20. The number of ether oxygens (including phenoxy) is 1. The van der Waals surface area contributed by atoms with Crippen LogP contribution in [-0.4, -0.2) is 17.2 Å². The van der Waals surface area contributed by atoms with Crippen LogP contribution in [0.1, 0.15) is 5.76 Å². The van der Waals surface area contributed by atoms with Gasteiger partial charge in [-0.3, -0.25) is 4.98 Å². The van der Waals surface area contributed by atoms with Crippen LogP contribution in [0.2, 0.25) is 0 Å². The number of fused-ring (bicyclic) bond motifs is 1. The van der Waals surface area contributed by atoms with Crippen LogP contribution in [0.25, 0.3) is 10.9 Å². The van der Waals surface area contributed by atoms with Crippen molar-refractivity contribution in [1.29, 1.82) is 0 Å². The van der Waals surface area contributed by atoms with Crippen LogP contribution in [0.5, 0.6) is 5.75 Å². The molecule has 6 heteroatoms. The summed E-state index contributed by atoms with van der Waals surface area (Å²) in [5.41, 5.74) is 1.67. The Balaban J connectivity index is 1.77. The maximum Gasteiger partial charge on any atom is 0.171 e. The van der Waals surface area contributed by atoms with Crippen LogP contribution in [0, 0.1) is 0 Å². The molecule has 0 aliphatic carbocycles. The van der Waals surface area contributed by atoms with Crippen LogP contribution < -0.4 is 15.4 Å². The van der Waals surface area contributed by atoms with Gasteiger partial charge in [0, 0.05) is 17.3 Å². The molecule has 0 bridgehead atoms. The van der Waals surface area contributed by atoms with E-state index in [1.807, 2.05) is 36.4 Å². The summed E-state index contributed by atoms with van der Waals surface area (Å²) in [5.74, 6) is 1.56. The Morgan fingerprint density at radius 1 is 1.27 bits per heavy atom. The van der Waals surface area contributed by atoms with Gasteiger partial charge >= 0.3 is 0 Å². The van der Waals surface area contributed by atoms with E-state index in [1.165, 1.54) is 0 Å². The molecule has 3 rings (SSSR count). The number of nitrogens with one attached hydrogen (secondary N) is 2. The minimum atomic E-state index is 0.520. The molecule has 0 fully saturated rings. The van der Waals surface area contributed by atoms with E-state index in [2.05, 4.69) is 15.6 Å². The zero-order valence-corrected chi connectivity index (χ0v) is 12.8. The van der Waals surface area contributed by atoms with E-state index in [-0.39, 0.29) is 0 Å². The van der Waals surface area contributed by atoms with Crippen LogP contribution in [-0.2, 0) is 6.54 Å². The minimum absolute atomic E-state index is 0.520. The molecule has 2 heterocycles. The Morgan fingerprint density at radius 2 is 2.18 bits per heavy atom. The van der Waals surface area contributed by atoms with Crippen LogP contribution in [0.3, 0.4) is 0 Å². The number of nitrogens with zero attached hydrogens (tertiary/aromatic N) is 1. The summed E-state index contributed by atoms with van der Waals surface area (Å²) in [4.78, 5) is 4.36. The number of thiocarbonyl (C=S) groups is 1. The Labute approximate surface area is 133 Å². The average molecular weight is 313 g/mol. The SMILES string of the molecule is COc1ccc(NC(=S)NCc2ccco2)c2cccnc12. The molecule has 0 unspecified atom stereocenters. The second-order valence-electron chi connectivity index (χ2n) is 4.60. The summed E-state index contributed by atoms with van der Waals surface area (Å²) in [6.45, 7) is 0.533. The molecule has 0 amide bonds. The predicted octanol–water partition coefficient (Wildman–Crippen LogP) is 3.32. The van der Waals surface area contributed by atoms with Gasteiger partial charge < -0.3 is 19.8 Å². The zero-order chi connectivity index (χ0) is 15.4. The van der Waals surface area contributed by atoms with Gasteiger partial charge in [-0.1, -0.05) is 0 Å². The first-order valence-corrected chi connectivity index (χ1v) is 7.17. The lowest BCUT2D eigenvalue weighted by molar-refractivity contribution is 0.419.